The average molecular weight is 204 g/mol. The van der Waals surface area contributed by atoms with Gasteiger partial charge in [-0.2, -0.15) is 5.10 Å². The molecule has 0 spiro atoms. The van der Waals surface area contributed by atoms with Gasteiger partial charge in [-0.3, -0.25) is 4.68 Å². The molecule has 0 unspecified atom stereocenters. The van der Waals surface area contributed by atoms with E-state index in [2.05, 4.69) is 35.6 Å². The molecule has 0 amide bonds. The number of nitrogens with zero attached hydrogens (tertiary/aromatic N) is 2. The molecule has 2 aromatic rings. The second-order valence-corrected chi connectivity index (χ2v) is 3.98. The summed E-state index contributed by atoms with van der Waals surface area (Å²) in [6.07, 6.45) is 4.04. The lowest BCUT2D eigenvalue weighted by atomic mass is 10.2. The molecule has 0 bridgehead atoms. The van der Waals surface area contributed by atoms with Crippen molar-refractivity contribution in [2.75, 3.05) is 6.26 Å². The predicted octanol–water partition coefficient (Wildman–Crippen LogP) is 2.81. The Bertz CT molecular complexity index is 417. The largest absolute Gasteiger partial charge is 0.275 e. The summed E-state index contributed by atoms with van der Waals surface area (Å²) in [5.41, 5.74) is 2.20. The van der Waals surface area contributed by atoms with Crippen LogP contribution in [0.15, 0.2) is 41.4 Å². The lowest BCUT2D eigenvalue weighted by molar-refractivity contribution is 0.771. The van der Waals surface area contributed by atoms with Crippen LogP contribution in [0.1, 0.15) is 0 Å². The van der Waals surface area contributed by atoms with Crippen LogP contribution in [-0.2, 0) is 7.05 Å². The third-order valence-electron chi connectivity index (χ3n) is 2.10. The van der Waals surface area contributed by atoms with Gasteiger partial charge in [0.05, 0.1) is 5.69 Å². The zero-order valence-corrected chi connectivity index (χ0v) is 9.08. The van der Waals surface area contributed by atoms with Crippen LogP contribution in [0.3, 0.4) is 0 Å². The molecule has 0 fully saturated rings. The van der Waals surface area contributed by atoms with Gasteiger partial charge in [-0.25, -0.2) is 0 Å². The van der Waals surface area contributed by atoms with Gasteiger partial charge in [0, 0.05) is 23.7 Å². The SMILES string of the molecule is CSc1ccc(-c2ccn(C)n2)cc1. The van der Waals surface area contributed by atoms with Crippen molar-refractivity contribution in [3.8, 4) is 11.3 Å². The Kier molecular flexibility index (Phi) is 2.59. The molecule has 0 saturated carbocycles. The van der Waals surface area contributed by atoms with E-state index < -0.39 is 0 Å². The number of aryl methyl sites for hydroxylation is 1. The Morgan fingerprint density at radius 3 is 2.36 bits per heavy atom. The monoisotopic (exact) mass is 204 g/mol. The highest BCUT2D eigenvalue weighted by Gasteiger charge is 1.99. The van der Waals surface area contributed by atoms with Gasteiger partial charge >= 0.3 is 0 Å². The van der Waals surface area contributed by atoms with Crippen molar-refractivity contribution in [3.05, 3.63) is 36.5 Å². The molecule has 1 aromatic heterocycles. The van der Waals surface area contributed by atoms with Crippen LogP contribution in [0.4, 0.5) is 0 Å². The number of hydrogen-bond acceptors (Lipinski definition) is 2. The van der Waals surface area contributed by atoms with Crippen LogP contribution in [0, 0.1) is 0 Å². The Morgan fingerprint density at radius 2 is 1.86 bits per heavy atom. The molecule has 1 heterocycles. The molecular formula is C11H12N2S. The third kappa shape index (κ3) is 1.82. The highest BCUT2D eigenvalue weighted by molar-refractivity contribution is 7.98. The van der Waals surface area contributed by atoms with E-state index >= 15 is 0 Å². The molecule has 2 rings (SSSR count). The number of hydrogen-bond donors (Lipinski definition) is 0. The van der Waals surface area contributed by atoms with Crippen LogP contribution >= 0.6 is 11.8 Å². The smallest absolute Gasteiger partial charge is 0.0923 e. The molecule has 2 nitrogen and oxygen atoms in total. The van der Waals surface area contributed by atoms with Gasteiger partial charge in [0.25, 0.3) is 0 Å². The fraction of sp³-hybridized carbons (Fsp3) is 0.182. The van der Waals surface area contributed by atoms with Crippen molar-refractivity contribution < 1.29 is 0 Å². The Balaban J connectivity index is 2.33. The molecule has 0 aliphatic rings. The molecular weight excluding hydrogens is 192 g/mol. The molecule has 1 aromatic carbocycles. The van der Waals surface area contributed by atoms with E-state index in [-0.39, 0.29) is 0 Å². The summed E-state index contributed by atoms with van der Waals surface area (Å²) in [4.78, 5) is 1.28. The lowest BCUT2D eigenvalue weighted by Crippen LogP contribution is -1.87. The van der Waals surface area contributed by atoms with E-state index in [1.54, 1.807) is 11.8 Å². The van der Waals surface area contributed by atoms with Gasteiger partial charge in [-0.15, -0.1) is 11.8 Å². The van der Waals surface area contributed by atoms with E-state index in [0.29, 0.717) is 0 Å². The molecule has 3 heteroatoms. The summed E-state index contributed by atoms with van der Waals surface area (Å²) in [5.74, 6) is 0. The minimum absolute atomic E-state index is 1.03. The highest BCUT2D eigenvalue weighted by Crippen LogP contribution is 2.21. The van der Waals surface area contributed by atoms with Gasteiger partial charge in [-0.05, 0) is 24.5 Å². The first-order valence-electron chi connectivity index (χ1n) is 4.43. The molecule has 14 heavy (non-hydrogen) atoms. The second kappa shape index (κ2) is 3.88. The van der Waals surface area contributed by atoms with Crippen molar-refractivity contribution in [2.45, 2.75) is 4.90 Å². The van der Waals surface area contributed by atoms with E-state index in [1.807, 2.05) is 24.0 Å². The van der Waals surface area contributed by atoms with Crippen molar-refractivity contribution in [2.24, 2.45) is 7.05 Å². The minimum Gasteiger partial charge on any atom is -0.275 e. The molecule has 0 radical (unpaired) electrons. The fourth-order valence-corrected chi connectivity index (χ4v) is 1.74. The first kappa shape index (κ1) is 9.34. The fourth-order valence-electron chi connectivity index (χ4n) is 1.33. The molecule has 0 aliphatic carbocycles. The number of benzene rings is 1. The third-order valence-corrected chi connectivity index (χ3v) is 2.84. The number of aromatic nitrogens is 2. The number of rotatable bonds is 2. The van der Waals surface area contributed by atoms with Crippen LogP contribution in [0.5, 0.6) is 0 Å². The summed E-state index contributed by atoms with van der Waals surface area (Å²) in [7, 11) is 1.93. The lowest BCUT2D eigenvalue weighted by Gasteiger charge is -1.98. The van der Waals surface area contributed by atoms with Crippen LogP contribution < -0.4 is 0 Å². The zero-order chi connectivity index (χ0) is 9.97. The molecule has 0 saturated heterocycles. The molecule has 0 N–H and O–H groups in total. The van der Waals surface area contributed by atoms with Gasteiger partial charge in [0.15, 0.2) is 0 Å². The van der Waals surface area contributed by atoms with Crippen molar-refractivity contribution in [1.29, 1.82) is 0 Å². The first-order chi connectivity index (χ1) is 6.79. The average Bonchev–Trinajstić information content (AvgIpc) is 2.65. The highest BCUT2D eigenvalue weighted by atomic mass is 32.2. The van der Waals surface area contributed by atoms with Crippen LogP contribution in [-0.4, -0.2) is 16.0 Å². The Hall–Kier alpha value is -1.22. The maximum atomic E-state index is 4.35. The normalized spacial score (nSPS) is 10.4. The van der Waals surface area contributed by atoms with E-state index in [0.717, 1.165) is 5.69 Å². The minimum atomic E-state index is 1.03. The summed E-state index contributed by atoms with van der Waals surface area (Å²) < 4.78 is 1.82. The summed E-state index contributed by atoms with van der Waals surface area (Å²) in [6.45, 7) is 0. The molecule has 72 valence electrons. The topological polar surface area (TPSA) is 17.8 Å². The summed E-state index contributed by atoms with van der Waals surface area (Å²) in [5, 5.41) is 4.35. The van der Waals surface area contributed by atoms with E-state index in [1.165, 1.54) is 10.5 Å². The Labute approximate surface area is 87.9 Å². The van der Waals surface area contributed by atoms with E-state index in [4.69, 9.17) is 0 Å². The van der Waals surface area contributed by atoms with Crippen molar-refractivity contribution in [1.82, 2.24) is 9.78 Å². The van der Waals surface area contributed by atoms with Crippen LogP contribution in [0.25, 0.3) is 11.3 Å². The first-order valence-corrected chi connectivity index (χ1v) is 5.66. The summed E-state index contributed by atoms with van der Waals surface area (Å²) >= 11 is 1.75. The molecule has 0 aliphatic heterocycles. The molecule has 0 atom stereocenters. The van der Waals surface area contributed by atoms with Gasteiger partial charge in [-0.1, -0.05) is 12.1 Å². The Morgan fingerprint density at radius 1 is 1.14 bits per heavy atom. The maximum Gasteiger partial charge on any atom is 0.0923 e. The standard InChI is InChI=1S/C11H12N2S/c1-13-8-7-11(12-13)9-3-5-10(14-2)6-4-9/h3-8H,1-2H3. The van der Waals surface area contributed by atoms with Crippen LogP contribution in [0.2, 0.25) is 0 Å². The van der Waals surface area contributed by atoms with Crippen molar-refractivity contribution >= 4 is 11.8 Å². The van der Waals surface area contributed by atoms with E-state index in [9.17, 15) is 0 Å². The quantitative estimate of drug-likeness (QED) is 0.700. The van der Waals surface area contributed by atoms with Gasteiger partial charge < -0.3 is 0 Å². The predicted molar refractivity (Wildman–Crippen MR) is 60.4 cm³/mol. The summed E-state index contributed by atoms with van der Waals surface area (Å²) in [6, 6.07) is 10.5. The zero-order valence-electron chi connectivity index (χ0n) is 8.27. The van der Waals surface area contributed by atoms with Gasteiger partial charge in [0.1, 0.15) is 0 Å². The number of thioether (sulfide) groups is 1. The van der Waals surface area contributed by atoms with Gasteiger partial charge in [0.2, 0.25) is 0 Å². The maximum absolute atomic E-state index is 4.35. The van der Waals surface area contributed by atoms with Crippen molar-refractivity contribution in [3.63, 3.8) is 0 Å². The second-order valence-electron chi connectivity index (χ2n) is 3.10.